The molecule has 1 aromatic carbocycles. The highest BCUT2D eigenvalue weighted by Crippen LogP contribution is 2.34. The molecule has 0 saturated carbocycles. The third-order valence-electron chi connectivity index (χ3n) is 2.25. The molecule has 0 amide bonds. The molecule has 1 heterocycles. The van der Waals surface area contributed by atoms with E-state index < -0.39 is 10.7 Å². The summed E-state index contributed by atoms with van der Waals surface area (Å²) in [7, 11) is 0. The fraction of sp³-hybridized carbons (Fsp3) is 0. The van der Waals surface area contributed by atoms with Crippen LogP contribution in [-0.2, 0) is 0 Å². The van der Waals surface area contributed by atoms with Crippen LogP contribution in [0.5, 0.6) is 0 Å². The van der Waals surface area contributed by atoms with Crippen LogP contribution in [0.2, 0.25) is 15.2 Å². The van der Waals surface area contributed by atoms with Gasteiger partial charge in [0.25, 0.3) is 5.69 Å². The first-order valence-corrected chi connectivity index (χ1v) is 6.24. The normalized spacial score (nSPS) is 10.4. The highest BCUT2D eigenvalue weighted by molar-refractivity contribution is 6.39. The number of aromatic nitrogens is 1. The first kappa shape index (κ1) is 14.8. The molecule has 0 aliphatic carbocycles. The Kier molecular flexibility index (Phi) is 4.27. The Morgan fingerprint density at radius 1 is 1.15 bits per heavy atom. The largest absolute Gasteiger partial charge is 0.338 e. The van der Waals surface area contributed by atoms with Crippen molar-refractivity contribution in [2.24, 2.45) is 0 Å². The Labute approximate surface area is 127 Å². The molecular formula is C11H5Cl3FN3O2. The van der Waals surface area contributed by atoms with Gasteiger partial charge in [-0.1, -0.05) is 34.8 Å². The van der Waals surface area contributed by atoms with Crippen molar-refractivity contribution in [2.75, 3.05) is 5.32 Å². The molecule has 0 aliphatic heterocycles. The van der Waals surface area contributed by atoms with Crippen molar-refractivity contribution < 1.29 is 9.31 Å². The highest BCUT2D eigenvalue weighted by Gasteiger charge is 2.13. The number of benzene rings is 1. The molecule has 2 aromatic rings. The molecule has 104 valence electrons. The zero-order valence-corrected chi connectivity index (χ0v) is 11.8. The molecule has 2 rings (SSSR count). The van der Waals surface area contributed by atoms with Crippen LogP contribution in [-0.4, -0.2) is 9.91 Å². The van der Waals surface area contributed by atoms with Crippen LogP contribution in [0.25, 0.3) is 0 Å². The van der Waals surface area contributed by atoms with Gasteiger partial charge >= 0.3 is 0 Å². The van der Waals surface area contributed by atoms with Crippen molar-refractivity contribution in [1.29, 1.82) is 0 Å². The van der Waals surface area contributed by atoms with Gasteiger partial charge < -0.3 is 5.32 Å². The minimum atomic E-state index is -0.618. The lowest BCUT2D eigenvalue weighted by Crippen LogP contribution is -1.98. The predicted octanol–water partition coefficient (Wildman–Crippen LogP) is 4.83. The van der Waals surface area contributed by atoms with Gasteiger partial charge in [0.05, 0.1) is 32.8 Å². The summed E-state index contributed by atoms with van der Waals surface area (Å²) in [5.41, 5.74) is -0.0688. The zero-order valence-electron chi connectivity index (χ0n) is 9.53. The molecule has 0 bridgehead atoms. The third-order valence-corrected chi connectivity index (χ3v) is 3.04. The fourth-order valence-electron chi connectivity index (χ4n) is 1.44. The van der Waals surface area contributed by atoms with Gasteiger partial charge in [-0.15, -0.1) is 0 Å². The molecule has 0 radical (unpaired) electrons. The molecule has 0 fully saturated rings. The van der Waals surface area contributed by atoms with Gasteiger partial charge in [-0.25, -0.2) is 9.37 Å². The molecule has 0 saturated heterocycles. The molecule has 0 aliphatic rings. The molecule has 5 nitrogen and oxygen atoms in total. The van der Waals surface area contributed by atoms with Crippen LogP contribution < -0.4 is 5.32 Å². The lowest BCUT2D eigenvalue weighted by Gasteiger charge is -2.10. The quantitative estimate of drug-likeness (QED) is 0.495. The van der Waals surface area contributed by atoms with Crippen molar-refractivity contribution in [1.82, 2.24) is 4.98 Å². The Hall–Kier alpha value is -1.63. The summed E-state index contributed by atoms with van der Waals surface area (Å²) in [5.74, 6) is -0.532. The Morgan fingerprint density at radius 2 is 1.75 bits per heavy atom. The second kappa shape index (κ2) is 5.78. The van der Waals surface area contributed by atoms with E-state index in [2.05, 4.69) is 10.3 Å². The minimum Gasteiger partial charge on any atom is -0.338 e. The predicted molar refractivity (Wildman–Crippen MR) is 75.6 cm³/mol. The number of nitrogens with one attached hydrogen (secondary N) is 1. The Bertz CT molecular complexity index is 674. The van der Waals surface area contributed by atoms with E-state index in [1.165, 1.54) is 0 Å². The van der Waals surface area contributed by atoms with Gasteiger partial charge in [0, 0.05) is 0 Å². The van der Waals surface area contributed by atoms with Gasteiger partial charge in [0.2, 0.25) is 0 Å². The maximum atomic E-state index is 13.1. The van der Waals surface area contributed by atoms with Crippen molar-refractivity contribution >= 4 is 52.0 Å². The SMILES string of the molecule is O=[N+]([O-])c1cc(Cl)nc(Nc2c(Cl)cc(F)cc2Cl)c1. The molecular weight excluding hydrogens is 331 g/mol. The number of hydrogen-bond acceptors (Lipinski definition) is 4. The second-order valence-electron chi connectivity index (χ2n) is 3.66. The first-order chi connectivity index (χ1) is 9.36. The van der Waals surface area contributed by atoms with Gasteiger partial charge in [0.1, 0.15) is 16.8 Å². The van der Waals surface area contributed by atoms with Gasteiger partial charge in [-0.3, -0.25) is 10.1 Å². The summed E-state index contributed by atoms with van der Waals surface area (Å²) in [6.45, 7) is 0. The first-order valence-electron chi connectivity index (χ1n) is 5.10. The Balaban J connectivity index is 2.42. The van der Waals surface area contributed by atoms with Crippen molar-refractivity contribution in [3.63, 3.8) is 0 Å². The van der Waals surface area contributed by atoms with E-state index in [-0.39, 0.29) is 32.4 Å². The van der Waals surface area contributed by atoms with E-state index in [0.717, 1.165) is 24.3 Å². The highest BCUT2D eigenvalue weighted by atomic mass is 35.5. The number of rotatable bonds is 3. The second-order valence-corrected chi connectivity index (χ2v) is 4.86. The summed E-state index contributed by atoms with van der Waals surface area (Å²) in [5, 5.41) is 13.4. The van der Waals surface area contributed by atoms with Crippen molar-refractivity contribution in [3.05, 3.63) is 55.4 Å². The topological polar surface area (TPSA) is 68.1 Å². The number of anilines is 2. The summed E-state index contributed by atoms with van der Waals surface area (Å²) in [6.07, 6.45) is 0. The smallest absolute Gasteiger partial charge is 0.276 e. The lowest BCUT2D eigenvalue weighted by molar-refractivity contribution is -0.384. The average molecular weight is 337 g/mol. The number of pyridine rings is 1. The summed E-state index contributed by atoms with van der Waals surface area (Å²) < 4.78 is 13.1. The van der Waals surface area contributed by atoms with Crippen LogP contribution in [0.15, 0.2) is 24.3 Å². The van der Waals surface area contributed by atoms with Crippen LogP contribution in [0.3, 0.4) is 0 Å². The van der Waals surface area contributed by atoms with E-state index in [1.807, 2.05) is 0 Å². The maximum absolute atomic E-state index is 13.1. The van der Waals surface area contributed by atoms with Crippen molar-refractivity contribution in [3.8, 4) is 0 Å². The average Bonchev–Trinajstić information content (AvgIpc) is 2.33. The van der Waals surface area contributed by atoms with Crippen LogP contribution in [0.1, 0.15) is 0 Å². The molecule has 20 heavy (non-hydrogen) atoms. The van der Waals surface area contributed by atoms with E-state index in [9.17, 15) is 14.5 Å². The molecule has 1 N–H and O–H groups in total. The van der Waals surface area contributed by atoms with Gasteiger partial charge in [-0.05, 0) is 12.1 Å². The minimum absolute atomic E-state index is 0.0134. The van der Waals surface area contributed by atoms with Crippen LogP contribution in [0, 0.1) is 15.9 Å². The van der Waals surface area contributed by atoms with Crippen molar-refractivity contribution in [2.45, 2.75) is 0 Å². The maximum Gasteiger partial charge on any atom is 0.276 e. The Morgan fingerprint density at radius 3 is 2.30 bits per heavy atom. The number of nitro groups is 1. The molecule has 9 heteroatoms. The molecule has 1 aromatic heterocycles. The summed E-state index contributed by atoms with van der Waals surface area (Å²) in [4.78, 5) is 14.0. The monoisotopic (exact) mass is 335 g/mol. The van der Waals surface area contributed by atoms with Crippen LogP contribution in [0.4, 0.5) is 21.6 Å². The third kappa shape index (κ3) is 3.27. The number of hydrogen-bond donors (Lipinski definition) is 1. The van der Waals surface area contributed by atoms with Gasteiger partial charge in [-0.2, -0.15) is 0 Å². The lowest BCUT2D eigenvalue weighted by atomic mass is 10.3. The standard InChI is InChI=1S/C11H5Cl3FN3O2/c12-7-1-5(15)2-8(13)11(7)17-10-4-6(18(19)20)3-9(14)16-10/h1-4H,(H,16,17). The van der Waals surface area contributed by atoms with E-state index in [0.29, 0.717) is 0 Å². The molecule has 0 unspecified atom stereocenters. The van der Waals surface area contributed by atoms with Crippen LogP contribution >= 0.6 is 34.8 Å². The van der Waals surface area contributed by atoms with E-state index in [4.69, 9.17) is 34.8 Å². The van der Waals surface area contributed by atoms with E-state index >= 15 is 0 Å². The fourth-order valence-corrected chi connectivity index (χ4v) is 2.20. The summed E-state index contributed by atoms with van der Waals surface area (Å²) >= 11 is 17.4. The summed E-state index contributed by atoms with van der Waals surface area (Å²) in [6, 6.07) is 4.35. The van der Waals surface area contributed by atoms with E-state index in [1.54, 1.807) is 0 Å². The number of halogens is 4. The molecule has 0 atom stereocenters. The molecule has 0 spiro atoms. The van der Waals surface area contributed by atoms with Gasteiger partial charge in [0.15, 0.2) is 0 Å². The zero-order chi connectivity index (χ0) is 14.9. The number of nitrogens with zero attached hydrogens (tertiary/aromatic N) is 2.